The van der Waals surface area contributed by atoms with Crippen LogP contribution in [0.2, 0.25) is 0 Å². The molecule has 8 nitrogen and oxygen atoms in total. The Balaban J connectivity index is 1.48. The maximum absolute atomic E-state index is 12.3. The van der Waals surface area contributed by atoms with Crippen molar-refractivity contribution >= 4 is 34.7 Å². The fraction of sp³-hybridized carbons (Fsp3) is 0.143. The summed E-state index contributed by atoms with van der Waals surface area (Å²) in [6.45, 7) is -0.672. The molecule has 3 aromatic rings. The number of nitrogens with zero attached hydrogens (tertiary/aromatic N) is 2. The number of ether oxygens (including phenoxy) is 2. The van der Waals surface area contributed by atoms with E-state index in [-0.39, 0.29) is 17.7 Å². The number of amides is 2. The molecule has 146 valence electrons. The van der Waals surface area contributed by atoms with Crippen molar-refractivity contribution in [3.63, 3.8) is 0 Å². The van der Waals surface area contributed by atoms with E-state index in [1.807, 2.05) is 0 Å². The molecule has 29 heavy (non-hydrogen) atoms. The van der Waals surface area contributed by atoms with Gasteiger partial charge >= 0.3 is 11.9 Å². The summed E-state index contributed by atoms with van der Waals surface area (Å²) in [6.07, 6.45) is 1.51. The third-order valence-corrected chi connectivity index (χ3v) is 4.73. The molecule has 2 amide bonds. The largest absolute Gasteiger partial charge is 0.465 e. The van der Waals surface area contributed by atoms with E-state index in [0.29, 0.717) is 16.5 Å². The van der Waals surface area contributed by atoms with E-state index in [2.05, 4.69) is 0 Å². The van der Waals surface area contributed by atoms with Crippen LogP contribution in [0.15, 0.2) is 54.7 Å². The lowest BCUT2D eigenvalue weighted by molar-refractivity contribution is -0.146. The summed E-state index contributed by atoms with van der Waals surface area (Å²) in [5.74, 6) is -2.17. The molecule has 0 N–H and O–H groups in total. The summed E-state index contributed by atoms with van der Waals surface area (Å²) in [5.41, 5.74) is 1.56. The molecule has 0 fully saturated rings. The minimum atomic E-state index is -0.654. The van der Waals surface area contributed by atoms with Gasteiger partial charge in [-0.05, 0) is 18.2 Å². The highest BCUT2D eigenvalue weighted by Gasteiger charge is 2.35. The zero-order valence-electron chi connectivity index (χ0n) is 15.5. The number of methoxy groups -OCH3 is 1. The Labute approximate surface area is 165 Å². The minimum Gasteiger partial charge on any atom is -0.465 e. The number of esters is 2. The molecule has 2 aromatic carbocycles. The van der Waals surface area contributed by atoms with E-state index in [9.17, 15) is 19.2 Å². The number of para-hydroxylation sites is 1. The average Bonchev–Trinajstić information content (AvgIpc) is 3.22. The summed E-state index contributed by atoms with van der Waals surface area (Å²) in [7, 11) is 1.28. The Morgan fingerprint density at radius 2 is 1.55 bits per heavy atom. The first-order valence-electron chi connectivity index (χ1n) is 8.78. The molecule has 1 aliphatic rings. The number of hydrogen-bond acceptors (Lipinski definition) is 6. The van der Waals surface area contributed by atoms with Crippen molar-refractivity contribution in [2.75, 3.05) is 13.8 Å². The smallest absolute Gasteiger partial charge is 0.340 e. The lowest BCUT2D eigenvalue weighted by Gasteiger charge is -2.14. The maximum Gasteiger partial charge on any atom is 0.340 e. The van der Waals surface area contributed by atoms with E-state index in [4.69, 9.17) is 9.47 Å². The predicted molar refractivity (Wildman–Crippen MR) is 101 cm³/mol. The van der Waals surface area contributed by atoms with Crippen LogP contribution in [0.3, 0.4) is 0 Å². The van der Waals surface area contributed by atoms with Gasteiger partial charge in [0.1, 0.15) is 6.54 Å². The van der Waals surface area contributed by atoms with Crippen LogP contribution in [0, 0.1) is 0 Å². The number of aromatic nitrogens is 1. The standard InChI is InChI=1S/C21H16N2O6/c1-28-21(27)16-10-22(17-9-5-4-6-13(16)17)11-18(24)29-12-23-19(25)14-7-2-3-8-15(14)20(23)26/h2-10H,11-12H2,1H3. The first kappa shape index (κ1) is 18.4. The number of imide groups is 1. The van der Waals surface area contributed by atoms with Crippen molar-refractivity contribution in [2.45, 2.75) is 6.54 Å². The van der Waals surface area contributed by atoms with E-state index in [1.165, 1.54) is 13.3 Å². The van der Waals surface area contributed by atoms with Crippen molar-refractivity contribution < 1.29 is 28.7 Å². The van der Waals surface area contributed by atoms with E-state index in [1.54, 1.807) is 53.1 Å². The number of benzene rings is 2. The van der Waals surface area contributed by atoms with E-state index < -0.39 is 30.5 Å². The van der Waals surface area contributed by atoms with Gasteiger partial charge in [-0.3, -0.25) is 14.4 Å². The van der Waals surface area contributed by atoms with Crippen LogP contribution in [0.25, 0.3) is 10.9 Å². The first-order valence-corrected chi connectivity index (χ1v) is 8.78. The molecule has 2 heterocycles. The van der Waals surface area contributed by atoms with Gasteiger partial charge in [0.05, 0.1) is 23.8 Å². The second-order valence-electron chi connectivity index (χ2n) is 6.41. The number of fused-ring (bicyclic) bond motifs is 2. The third kappa shape index (κ3) is 3.14. The molecule has 0 saturated heterocycles. The van der Waals surface area contributed by atoms with Crippen molar-refractivity contribution in [3.8, 4) is 0 Å². The van der Waals surface area contributed by atoms with Crippen LogP contribution >= 0.6 is 0 Å². The molecule has 0 bridgehead atoms. The fourth-order valence-electron chi connectivity index (χ4n) is 3.33. The normalized spacial score (nSPS) is 12.9. The molecule has 1 aliphatic heterocycles. The quantitative estimate of drug-likeness (QED) is 0.488. The summed E-state index contributed by atoms with van der Waals surface area (Å²) >= 11 is 0. The van der Waals surface area contributed by atoms with Crippen LogP contribution in [0.1, 0.15) is 31.1 Å². The van der Waals surface area contributed by atoms with Gasteiger partial charge in [-0.15, -0.1) is 0 Å². The highest BCUT2D eigenvalue weighted by Crippen LogP contribution is 2.23. The topological polar surface area (TPSA) is 94.9 Å². The van der Waals surface area contributed by atoms with Gasteiger partial charge in [-0.2, -0.15) is 0 Å². The first-order chi connectivity index (χ1) is 14.0. The minimum absolute atomic E-state index is 0.194. The maximum atomic E-state index is 12.3. The summed E-state index contributed by atoms with van der Waals surface area (Å²) in [6, 6.07) is 13.5. The molecule has 8 heteroatoms. The van der Waals surface area contributed by atoms with Crippen LogP contribution in [-0.2, 0) is 20.8 Å². The van der Waals surface area contributed by atoms with Gasteiger partial charge in [0.2, 0.25) is 0 Å². The van der Waals surface area contributed by atoms with Crippen molar-refractivity contribution in [3.05, 3.63) is 71.4 Å². The van der Waals surface area contributed by atoms with E-state index >= 15 is 0 Å². The predicted octanol–water partition coefficient (Wildman–Crippen LogP) is 2.22. The Hall–Kier alpha value is -3.94. The van der Waals surface area contributed by atoms with Gasteiger partial charge in [-0.25, -0.2) is 9.69 Å². The molecule has 0 radical (unpaired) electrons. The average molecular weight is 392 g/mol. The number of rotatable bonds is 5. The monoisotopic (exact) mass is 392 g/mol. The second-order valence-corrected chi connectivity index (χ2v) is 6.41. The molecular formula is C21H16N2O6. The van der Waals surface area contributed by atoms with Crippen molar-refractivity contribution in [1.29, 1.82) is 0 Å². The molecule has 0 spiro atoms. The Morgan fingerprint density at radius 3 is 2.21 bits per heavy atom. The third-order valence-electron chi connectivity index (χ3n) is 4.73. The van der Waals surface area contributed by atoms with Gasteiger partial charge in [0.25, 0.3) is 11.8 Å². The van der Waals surface area contributed by atoms with Gasteiger partial charge in [0.15, 0.2) is 6.73 Å². The SMILES string of the molecule is COC(=O)c1cn(CC(=O)OCN2C(=O)c3ccccc3C2=O)c2ccccc12. The van der Waals surface area contributed by atoms with Crippen molar-refractivity contribution in [2.24, 2.45) is 0 Å². The van der Waals surface area contributed by atoms with Crippen LogP contribution in [-0.4, -0.2) is 47.1 Å². The molecule has 0 atom stereocenters. The lowest BCUT2D eigenvalue weighted by Crippen LogP contribution is -2.33. The second kappa shape index (κ2) is 7.23. The Kier molecular flexibility index (Phi) is 4.59. The molecular weight excluding hydrogens is 376 g/mol. The molecule has 0 aliphatic carbocycles. The van der Waals surface area contributed by atoms with Gasteiger partial charge < -0.3 is 14.0 Å². The lowest BCUT2D eigenvalue weighted by atomic mass is 10.1. The van der Waals surface area contributed by atoms with Crippen LogP contribution < -0.4 is 0 Å². The number of hydrogen-bond donors (Lipinski definition) is 0. The van der Waals surface area contributed by atoms with Crippen LogP contribution in [0.4, 0.5) is 0 Å². The van der Waals surface area contributed by atoms with Gasteiger partial charge in [-0.1, -0.05) is 30.3 Å². The zero-order chi connectivity index (χ0) is 20.5. The highest BCUT2D eigenvalue weighted by atomic mass is 16.5. The van der Waals surface area contributed by atoms with Crippen molar-refractivity contribution in [1.82, 2.24) is 9.47 Å². The summed E-state index contributed by atoms with van der Waals surface area (Å²) in [4.78, 5) is 49.8. The number of carbonyl (C=O) groups is 4. The summed E-state index contributed by atoms with van der Waals surface area (Å²) in [5, 5.41) is 0.646. The highest BCUT2D eigenvalue weighted by molar-refractivity contribution is 6.21. The van der Waals surface area contributed by atoms with Crippen LogP contribution in [0.5, 0.6) is 0 Å². The van der Waals surface area contributed by atoms with E-state index in [0.717, 1.165) is 4.90 Å². The molecule has 1 aromatic heterocycles. The summed E-state index contributed by atoms with van der Waals surface area (Å²) < 4.78 is 11.5. The Morgan fingerprint density at radius 1 is 0.931 bits per heavy atom. The fourth-order valence-corrected chi connectivity index (χ4v) is 3.33. The zero-order valence-corrected chi connectivity index (χ0v) is 15.5. The number of carbonyl (C=O) groups excluding carboxylic acids is 4. The molecule has 0 saturated carbocycles. The van der Waals surface area contributed by atoms with Gasteiger partial charge in [0, 0.05) is 17.1 Å². The molecule has 0 unspecified atom stereocenters. The molecule has 4 rings (SSSR count). The Bertz CT molecular complexity index is 1130.